The number of rotatable bonds is 7. The van der Waals surface area contributed by atoms with Crippen molar-refractivity contribution in [3.63, 3.8) is 0 Å². The highest BCUT2D eigenvalue weighted by molar-refractivity contribution is 5.33. The first-order valence-electron chi connectivity index (χ1n) is 5.01. The number of ether oxygens (including phenoxy) is 2. The van der Waals surface area contributed by atoms with Crippen LogP contribution in [0.3, 0.4) is 0 Å². The second-order valence-electron chi connectivity index (χ2n) is 3.71. The summed E-state index contributed by atoms with van der Waals surface area (Å²) in [5.41, 5.74) is 5.10. The van der Waals surface area contributed by atoms with Gasteiger partial charge in [-0.05, 0) is 12.3 Å². The lowest BCUT2D eigenvalue weighted by molar-refractivity contribution is 0.150. The molecule has 1 aliphatic rings. The van der Waals surface area contributed by atoms with Gasteiger partial charge in [-0.25, -0.2) is 0 Å². The molecule has 15 heavy (non-hydrogen) atoms. The van der Waals surface area contributed by atoms with E-state index in [1.807, 2.05) is 6.08 Å². The number of methoxy groups -OCH3 is 1. The van der Waals surface area contributed by atoms with E-state index in [-0.39, 0.29) is 5.41 Å². The van der Waals surface area contributed by atoms with Gasteiger partial charge in [0.05, 0.1) is 19.1 Å². The van der Waals surface area contributed by atoms with E-state index in [1.54, 1.807) is 7.11 Å². The summed E-state index contributed by atoms with van der Waals surface area (Å²) in [5.74, 6) is 1.69. The van der Waals surface area contributed by atoms with Crippen LogP contribution in [0.2, 0.25) is 0 Å². The van der Waals surface area contributed by atoms with E-state index in [1.165, 1.54) is 0 Å². The van der Waals surface area contributed by atoms with Crippen LogP contribution in [-0.2, 0) is 9.47 Å². The normalized spacial score (nSPS) is 28.0. The van der Waals surface area contributed by atoms with Gasteiger partial charge in [0.15, 0.2) is 0 Å². The van der Waals surface area contributed by atoms with Gasteiger partial charge >= 0.3 is 0 Å². The van der Waals surface area contributed by atoms with Crippen LogP contribution in [-0.4, -0.2) is 20.3 Å². The Morgan fingerprint density at radius 3 is 2.60 bits per heavy atom. The summed E-state index contributed by atoms with van der Waals surface area (Å²) >= 11 is 0. The SMILES string of the molecule is C=CC1CC1(C(=C)OC)C(=C)OCCN. The Morgan fingerprint density at radius 1 is 1.53 bits per heavy atom. The minimum Gasteiger partial charge on any atom is -0.501 e. The van der Waals surface area contributed by atoms with E-state index in [0.717, 1.165) is 6.42 Å². The number of hydrogen-bond donors (Lipinski definition) is 1. The third-order valence-electron chi connectivity index (χ3n) is 2.93. The van der Waals surface area contributed by atoms with Crippen molar-refractivity contribution in [2.45, 2.75) is 6.42 Å². The minimum absolute atomic E-state index is 0.272. The molecular formula is C12H19NO2. The second kappa shape index (κ2) is 4.53. The molecule has 0 saturated heterocycles. The predicted octanol–water partition coefficient (Wildman–Crippen LogP) is 1.83. The molecule has 0 aromatic rings. The molecule has 0 heterocycles. The number of hydrogen-bond acceptors (Lipinski definition) is 3. The van der Waals surface area contributed by atoms with Gasteiger partial charge in [-0.1, -0.05) is 19.2 Å². The average Bonchev–Trinajstić information content (AvgIpc) is 3.00. The molecule has 3 nitrogen and oxygen atoms in total. The Morgan fingerprint density at radius 2 is 2.20 bits per heavy atom. The van der Waals surface area contributed by atoms with Crippen molar-refractivity contribution < 1.29 is 9.47 Å². The lowest BCUT2D eigenvalue weighted by Gasteiger charge is -2.21. The Balaban J connectivity index is 2.72. The summed E-state index contributed by atoms with van der Waals surface area (Å²) in [6.07, 6.45) is 2.80. The van der Waals surface area contributed by atoms with E-state index in [2.05, 4.69) is 19.7 Å². The molecular weight excluding hydrogens is 190 g/mol. The van der Waals surface area contributed by atoms with Crippen LogP contribution in [0, 0.1) is 11.3 Å². The van der Waals surface area contributed by atoms with Crippen LogP contribution in [0.25, 0.3) is 0 Å². The zero-order valence-electron chi connectivity index (χ0n) is 9.29. The van der Waals surface area contributed by atoms with Crippen molar-refractivity contribution in [2.75, 3.05) is 20.3 Å². The smallest absolute Gasteiger partial charge is 0.103 e. The zero-order valence-corrected chi connectivity index (χ0v) is 9.29. The molecule has 0 radical (unpaired) electrons. The van der Waals surface area contributed by atoms with Crippen molar-refractivity contribution >= 4 is 0 Å². The van der Waals surface area contributed by atoms with Crippen LogP contribution in [0.15, 0.2) is 37.3 Å². The van der Waals surface area contributed by atoms with Crippen LogP contribution in [0.4, 0.5) is 0 Å². The van der Waals surface area contributed by atoms with Crippen LogP contribution < -0.4 is 5.73 Å². The van der Waals surface area contributed by atoms with Crippen LogP contribution >= 0.6 is 0 Å². The maximum atomic E-state index is 5.47. The molecule has 0 aromatic heterocycles. The highest BCUT2D eigenvalue weighted by atomic mass is 16.5. The first-order chi connectivity index (χ1) is 7.13. The molecule has 0 aromatic carbocycles. The fraction of sp³-hybridized carbons (Fsp3) is 0.500. The highest BCUT2D eigenvalue weighted by Gasteiger charge is 2.59. The summed E-state index contributed by atoms with van der Waals surface area (Å²) in [7, 11) is 1.61. The molecule has 84 valence electrons. The van der Waals surface area contributed by atoms with E-state index in [0.29, 0.717) is 30.6 Å². The Bertz CT molecular complexity index is 285. The summed E-state index contributed by atoms with van der Waals surface area (Å²) in [4.78, 5) is 0. The number of nitrogens with two attached hydrogens (primary N) is 1. The molecule has 1 fully saturated rings. The van der Waals surface area contributed by atoms with Gasteiger partial charge < -0.3 is 15.2 Å². The second-order valence-corrected chi connectivity index (χ2v) is 3.71. The molecule has 0 amide bonds. The summed E-state index contributed by atoms with van der Waals surface area (Å²) < 4.78 is 10.7. The summed E-state index contributed by atoms with van der Waals surface area (Å²) in [6.45, 7) is 12.6. The molecule has 1 rings (SSSR count). The molecule has 2 N–H and O–H groups in total. The molecule has 1 saturated carbocycles. The standard InChI is InChI=1S/C12H19NO2/c1-5-11-8-12(11,9(2)14-4)10(3)15-7-6-13/h5,11H,1-3,6-8,13H2,4H3. The first kappa shape index (κ1) is 11.9. The van der Waals surface area contributed by atoms with Crippen molar-refractivity contribution in [2.24, 2.45) is 17.1 Å². The van der Waals surface area contributed by atoms with Crippen molar-refractivity contribution in [3.8, 4) is 0 Å². The van der Waals surface area contributed by atoms with Gasteiger partial charge in [-0.15, -0.1) is 6.58 Å². The van der Waals surface area contributed by atoms with E-state index in [4.69, 9.17) is 15.2 Å². The minimum atomic E-state index is -0.272. The molecule has 0 aliphatic heterocycles. The van der Waals surface area contributed by atoms with Gasteiger partial charge in [-0.2, -0.15) is 0 Å². The Kier molecular flexibility index (Phi) is 3.58. The maximum Gasteiger partial charge on any atom is 0.103 e. The van der Waals surface area contributed by atoms with Crippen molar-refractivity contribution in [1.29, 1.82) is 0 Å². The maximum absolute atomic E-state index is 5.47. The Hall–Kier alpha value is -1.22. The molecule has 0 spiro atoms. The van der Waals surface area contributed by atoms with Gasteiger partial charge in [0.25, 0.3) is 0 Å². The van der Waals surface area contributed by atoms with Gasteiger partial charge in [0.1, 0.15) is 11.5 Å². The molecule has 0 bridgehead atoms. The van der Waals surface area contributed by atoms with Gasteiger partial charge in [0.2, 0.25) is 0 Å². The third-order valence-corrected chi connectivity index (χ3v) is 2.93. The Labute approximate surface area is 91.2 Å². The quantitative estimate of drug-likeness (QED) is 0.514. The monoisotopic (exact) mass is 209 g/mol. The number of allylic oxidation sites excluding steroid dienone is 1. The van der Waals surface area contributed by atoms with E-state index < -0.39 is 0 Å². The zero-order chi connectivity index (χ0) is 11.5. The highest BCUT2D eigenvalue weighted by Crippen LogP contribution is 2.62. The van der Waals surface area contributed by atoms with Crippen LogP contribution in [0.5, 0.6) is 0 Å². The molecule has 3 heteroatoms. The average molecular weight is 209 g/mol. The lowest BCUT2D eigenvalue weighted by atomic mass is 9.99. The molecule has 2 atom stereocenters. The van der Waals surface area contributed by atoms with Crippen LogP contribution in [0.1, 0.15) is 6.42 Å². The molecule has 2 unspecified atom stereocenters. The summed E-state index contributed by atoms with van der Waals surface area (Å²) in [6, 6.07) is 0. The van der Waals surface area contributed by atoms with Gasteiger partial charge in [-0.3, -0.25) is 0 Å². The topological polar surface area (TPSA) is 44.5 Å². The fourth-order valence-corrected chi connectivity index (χ4v) is 1.86. The van der Waals surface area contributed by atoms with E-state index >= 15 is 0 Å². The van der Waals surface area contributed by atoms with Crippen molar-refractivity contribution in [3.05, 3.63) is 37.3 Å². The van der Waals surface area contributed by atoms with E-state index in [9.17, 15) is 0 Å². The fourth-order valence-electron chi connectivity index (χ4n) is 1.86. The van der Waals surface area contributed by atoms with Crippen molar-refractivity contribution in [1.82, 2.24) is 0 Å². The third kappa shape index (κ3) is 1.92. The first-order valence-corrected chi connectivity index (χ1v) is 5.01. The van der Waals surface area contributed by atoms with Gasteiger partial charge in [0, 0.05) is 6.54 Å². The lowest BCUT2D eigenvalue weighted by Crippen LogP contribution is -2.17. The summed E-state index contributed by atoms with van der Waals surface area (Å²) in [5, 5.41) is 0. The molecule has 1 aliphatic carbocycles. The largest absolute Gasteiger partial charge is 0.501 e. The predicted molar refractivity (Wildman–Crippen MR) is 61.0 cm³/mol.